The van der Waals surface area contributed by atoms with Crippen LogP contribution in [0.3, 0.4) is 0 Å². The number of fused-ring (bicyclic) bond motifs is 2. The van der Waals surface area contributed by atoms with Crippen LogP contribution >= 0.6 is 0 Å². The molecule has 1 aromatic carbocycles. The van der Waals surface area contributed by atoms with Crippen molar-refractivity contribution in [2.75, 3.05) is 24.7 Å². The molecule has 0 saturated carbocycles. The van der Waals surface area contributed by atoms with Crippen LogP contribution in [-0.2, 0) is 20.1 Å². The van der Waals surface area contributed by atoms with Gasteiger partial charge in [-0.2, -0.15) is 0 Å². The zero-order valence-electron chi connectivity index (χ0n) is 13.0. The first kappa shape index (κ1) is 14.5. The lowest BCUT2D eigenvalue weighted by Crippen LogP contribution is -2.47. The van der Waals surface area contributed by atoms with Crippen molar-refractivity contribution in [3.63, 3.8) is 0 Å². The van der Waals surface area contributed by atoms with Crippen molar-refractivity contribution in [2.24, 2.45) is 5.92 Å². The number of carbonyl (C=O) groups excluding carboxylic acids is 1. The van der Waals surface area contributed by atoms with Gasteiger partial charge in [-0.25, -0.2) is 0 Å². The minimum absolute atomic E-state index is 0.0662. The van der Waals surface area contributed by atoms with E-state index in [2.05, 4.69) is 13.8 Å². The van der Waals surface area contributed by atoms with Gasteiger partial charge < -0.3 is 14.4 Å². The van der Waals surface area contributed by atoms with Gasteiger partial charge in [0.05, 0.1) is 18.9 Å². The second-order valence-corrected chi connectivity index (χ2v) is 6.33. The fraction of sp³-hybridized carbons (Fsp3) is 0.588. The van der Waals surface area contributed by atoms with Crippen molar-refractivity contribution in [1.82, 2.24) is 0 Å². The van der Waals surface area contributed by atoms with Gasteiger partial charge >= 0.3 is 0 Å². The van der Waals surface area contributed by atoms with Crippen LogP contribution < -0.4 is 4.90 Å². The van der Waals surface area contributed by atoms with Crippen LogP contribution in [0.4, 0.5) is 5.69 Å². The monoisotopic (exact) mass is 289 g/mol. The van der Waals surface area contributed by atoms with Crippen LogP contribution in [0.5, 0.6) is 0 Å². The van der Waals surface area contributed by atoms with Gasteiger partial charge in [0.25, 0.3) is 11.7 Å². The number of aryl methyl sites for hydroxylation is 1. The van der Waals surface area contributed by atoms with Gasteiger partial charge in [0, 0.05) is 12.1 Å². The average Bonchev–Trinajstić information content (AvgIpc) is 2.68. The molecular formula is C17H23NO3. The van der Waals surface area contributed by atoms with Gasteiger partial charge in [0.1, 0.15) is 0 Å². The fourth-order valence-corrected chi connectivity index (χ4v) is 2.97. The predicted octanol–water partition coefficient (Wildman–Crippen LogP) is 2.98. The summed E-state index contributed by atoms with van der Waals surface area (Å²) in [5.41, 5.74) is 2.92. The second kappa shape index (κ2) is 5.43. The predicted molar refractivity (Wildman–Crippen MR) is 81.2 cm³/mol. The highest BCUT2D eigenvalue weighted by Crippen LogP contribution is 2.45. The SMILES string of the molecule is Cc1ccc2c(c1)C1(OCCCO1)C(=O)N2CCC(C)C. The molecule has 0 bridgehead atoms. The van der Waals surface area contributed by atoms with E-state index in [9.17, 15) is 4.79 Å². The number of benzene rings is 1. The van der Waals surface area contributed by atoms with Crippen molar-refractivity contribution in [1.29, 1.82) is 0 Å². The lowest BCUT2D eigenvalue weighted by molar-refractivity contribution is -0.256. The van der Waals surface area contributed by atoms with Crippen LogP contribution in [0.15, 0.2) is 18.2 Å². The standard InChI is InChI=1S/C17H23NO3/c1-12(2)7-8-18-15-6-5-13(3)11-14(15)17(16(18)19)20-9-4-10-21-17/h5-6,11-12H,4,7-10H2,1-3H3. The van der Waals surface area contributed by atoms with Gasteiger partial charge in [0.2, 0.25) is 0 Å². The van der Waals surface area contributed by atoms with Crippen molar-refractivity contribution >= 4 is 11.6 Å². The Morgan fingerprint density at radius 2 is 2.00 bits per heavy atom. The van der Waals surface area contributed by atoms with E-state index in [0.717, 1.165) is 29.7 Å². The molecule has 1 aromatic rings. The summed E-state index contributed by atoms with van der Waals surface area (Å²) in [6.45, 7) is 8.20. The van der Waals surface area contributed by atoms with Crippen molar-refractivity contribution in [3.05, 3.63) is 29.3 Å². The lowest BCUT2D eigenvalue weighted by atomic mass is 10.0. The van der Waals surface area contributed by atoms with E-state index < -0.39 is 5.79 Å². The molecule has 0 radical (unpaired) electrons. The Kier molecular flexibility index (Phi) is 3.76. The molecule has 2 aliphatic rings. The molecule has 2 heterocycles. The fourth-order valence-electron chi connectivity index (χ4n) is 2.97. The normalized spacial score (nSPS) is 20.4. The highest BCUT2D eigenvalue weighted by molar-refractivity contribution is 6.06. The number of rotatable bonds is 3. The number of anilines is 1. The van der Waals surface area contributed by atoms with E-state index in [4.69, 9.17) is 9.47 Å². The van der Waals surface area contributed by atoms with E-state index >= 15 is 0 Å². The van der Waals surface area contributed by atoms with Gasteiger partial charge in [-0.15, -0.1) is 0 Å². The smallest absolute Gasteiger partial charge is 0.292 e. The van der Waals surface area contributed by atoms with Crippen molar-refractivity contribution in [3.8, 4) is 0 Å². The van der Waals surface area contributed by atoms with Crippen LogP contribution in [0.2, 0.25) is 0 Å². The first-order valence-corrected chi connectivity index (χ1v) is 7.75. The molecule has 1 fully saturated rings. The minimum atomic E-state index is -1.20. The molecule has 0 atom stereocenters. The first-order chi connectivity index (χ1) is 10.0. The molecule has 4 heteroatoms. The largest absolute Gasteiger partial charge is 0.338 e. The summed E-state index contributed by atoms with van der Waals surface area (Å²) in [6.07, 6.45) is 1.80. The Labute approximate surface area is 126 Å². The van der Waals surface area contributed by atoms with Crippen molar-refractivity contribution in [2.45, 2.75) is 39.4 Å². The first-order valence-electron chi connectivity index (χ1n) is 7.75. The summed E-state index contributed by atoms with van der Waals surface area (Å²) >= 11 is 0. The van der Waals surface area contributed by atoms with Crippen LogP contribution in [0.1, 0.15) is 37.8 Å². The van der Waals surface area contributed by atoms with Crippen LogP contribution in [0, 0.1) is 12.8 Å². The maximum absolute atomic E-state index is 12.9. The molecule has 0 N–H and O–H groups in total. The topological polar surface area (TPSA) is 38.8 Å². The number of carbonyl (C=O) groups is 1. The average molecular weight is 289 g/mol. The third kappa shape index (κ3) is 2.36. The molecule has 0 aliphatic carbocycles. The van der Waals surface area contributed by atoms with E-state index in [1.165, 1.54) is 0 Å². The zero-order chi connectivity index (χ0) is 15.0. The third-order valence-corrected chi connectivity index (χ3v) is 4.15. The number of amides is 1. The Morgan fingerprint density at radius 1 is 1.29 bits per heavy atom. The molecule has 21 heavy (non-hydrogen) atoms. The quantitative estimate of drug-likeness (QED) is 0.858. The molecule has 2 aliphatic heterocycles. The summed E-state index contributed by atoms with van der Waals surface area (Å²) in [4.78, 5) is 14.8. The molecule has 1 spiro atoms. The highest BCUT2D eigenvalue weighted by atomic mass is 16.7. The number of ether oxygens (including phenoxy) is 2. The molecule has 4 nitrogen and oxygen atoms in total. The van der Waals surface area contributed by atoms with E-state index in [1.54, 1.807) is 0 Å². The van der Waals surface area contributed by atoms with Gasteiger partial charge in [0.15, 0.2) is 0 Å². The maximum atomic E-state index is 12.9. The van der Waals surface area contributed by atoms with Gasteiger partial charge in [-0.3, -0.25) is 4.79 Å². The Hall–Kier alpha value is -1.39. The summed E-state index contributed by atoms with van der Waals surface area (Å²) in [7, 11) is 0. The summed E-state index contributed by atoms with van der Waals surface area (Å²) in [5, 5.41) is 0. The summed E-state index contributed by atoms with van der Waals surface area (Å²) in [6, 6.07) is 6.07. The molecule has 0 unspecified atom stereocenters. The highest BCUT2D eigenvalue weighted by Gasteiger charge is 2.54. The van der Waals surface area contributed by atoms with Crippen molar-refractivity contribution < 1.29 is 14.3 Å². The molecule has 1 saturated heterocycles. The van der Waals surface area contributed by atoms with E-state index in [-0.39, 0.29) is 5.91 Å². The van der Waals surface area contributed by atoms with Crippen LogP contribution in [-0.4, -0.2) is 25.7 Å². The second-order valence-electron chi connectivity index (χ2n) is 6.33. The maximum Gasteiger partial charge on any atom is 0.292 e. The number of hydrogen-bond donors (Lipinski definition) is 0. The molecule has 0 aromatic heterocycles. The Morgan fingerprint density at radius 3 is 2.67 bits per heavy atom. The number of nitrogens with zero attached hydrogens (tertiary/aromatic N) is 1. The summed E-state index contributed by atoms with van der Waals surface area (Å²) in [5.74, 6) is -0.712. The Bertz CT molecular complexity index is 547. The van der Waals surface area contributed by atoms with E-state index in [0.29, 0.717) is 25.7 Å². The van der Waals surface area contributed by atoms with Crippen LogP contribution in [0.25, 0.3) is 0 Å². The molecule has 3 rings (SSSR count). The molecule has 1 amide bonds. The Balaban J connectivity index is 2.01. The van der Waals surface area contributed by atoms with Gasteiger partial charge in [-0.05, 0) is 37.8 Å². The van der Waals surface area contributed by atoms with E-state index in [1.807, 2.05) is 30.0 Å². The lowest BCUT2D eigenvalue weighted by Gasteiger charge is -2.32. The minimum Gasteiger partial charge on any atom is -0.338 e. The number of hydrogen-bond acceptors (Lipinski definition) is 3. The third-order valence-electron chi connectivity index (χ3n) is 4.15. The molecular weight excluding hydrogens is 266 g/mol. The van der Waals surface area contributed by atoms with Gasteiger partial charge in [-0.1, -0.05) is 25.5 Å². The molecule has 114 valence electrons. The zero-order valence-corrected chi connectivity index (χ0v) is 13.0. The summed E-state index contributed by atoms with van der Waals surface area (Å²) < 4.78 is 11.7.